The standard InChI is InChI=1S/C15H16FNO4/c1-10(11-3-2-4-12(16)8-11)7-14(18)17-5-6-21-13(9-17)15(19)20/h2-4,7-8,13H,5-6,9H2,1H3,(H,19,20)/b10-7+. The predicted octanol–water partition coefficient (Wildman–Crippen LogP) is 1.54. The van der Waals surface area contributed by atoms with Crippen LogP contribution in [-0.2, 0) is 14.3 Å². The molecular formula is C15H16FNO4. The second kappa shape index (κ2) is 6.49. The molecule has 1 aromatic carbocycles. The molecule has 1 aromatic rings. The normalized spacial score (nSPS) is 19.4. The highest BCUT2D eigenvalue weighted by molar-refractivity contribution is 5.95. The van der Waals surface area contributed by atoms with Crippen molar-refractivity contribution in [2.45, 2.75) is 13.0 Å². The fourth-order valence-electron chi connectivity index (χ4n) is 2.09. The highest BCUT2D eigenvalue weighted by Crippen LogP contribution is 2.16. The van der Waals surface area contributed by atoms with E-state index >= 15 is 0 Å². The molecule has 0 saturated carbocycles. The van der Waals surface area contributed by atoms with Gasteiger partial charge in [0.15, 0.2) is 6.10 Å². The Morgan fingerprint density at radius 2 is 2.24 bits per heavy atom. The highest BCUT2D eigenvalue weighted by Gasteiger charge is 2.28. The lowest BCUT2D eigenvalue weighted by Gasteiger charge is -2.30. The zero-order valence-electron chi connectivity index (χ0n) is 11.6. The smallest absolute Gasteiger partial charge is 0.334 e. The van der Waals surface area contributed by atoms with Crippen molar-refractivity contribution in [2.75, 3.05) is 19.7 Å². The van der Waals surface area contributed by atoms with Crippen molar-refractivity contribution in [1.29, 1.82) is 0 Å². The zero-order valence-corrected chi connectivity index (χ0v) is 11.6. The summed E-state index contributed by atoms with van der Waals surface area (Å²) in [5, 5.41) is 8.91. The maximum atomic E-state index is 13.2. The molecule has 6 heteroatoms. The van der Waals surface area contributed by atoms with Gasteiger partial charge in [-0.1, -0.05) is 12.1 Å². The minimum absolute atomic E-state index is 0.0150. The molecule has 1 heterocycles. The molecule has 0 spiro atoms. The number of aliphatic carboxylic acids is 1. The first kappa shape index (κ1) is 15.2. The van der Waals surface area contributed by atoms with Crippen LogP contribution in [0.4, 0.5) is 4.39 Å². The van der Waals surface area contributed by atoms with Crippen LogP contribution in [0.15, 0.2) is 30.3 Å². The van der Waals surface area contributed by atoms with E-state index in [1.807, 2.05) is 0 Å². The van der Waals surface area contributed by atoms with Gasteiger partial charge in [0, 0.05) is 12.6 Å². The summed E-state index contributed by atoms with van der Waals surface area (Å²) in [6, 6.07) is 5.96. The van der Waals surface area contributed by atoms with Gasteiger partial charge in [-0.3, -0.25) is 4.79 Å². The van der Waals surface area contributed by atoms with E-state index in [-0.39, 0.29) is 24.9 Å². The number of rotatable bonds is 3. The van der Waals surface area contributed by atoms with Crippen molar-refractivity contribution in [3.05, 3.63) is 41.7 Å². The number of morpholine rings is 1. The number of amides is 1. The summed E-state index contributed by atoms with van der Waals surface area (Å²) in [6.07, 6.45) is 0.393. The summed E-state index contributed by atoms with van der Waals surface area (Å²) < 4.78 is 18.2. The van der Waals surface area contributed by atoms with Gasteiger partial charge in [-0.15, -0.1) is 0 Å². The first-order valence-corrected chi connectivity index (χ1v) is 6.55. The first-order chi connectivity index (χ1) is 9.97. The van der Waals surface area contributed by atoms with Crippen LogP contribution in [0.1, 0.15) is 12.5 Å². The Morgan fingerprint density at radius 3 is 2.90 bits per heavy atom. The zero-order chi connectivity index (χ0) is 15.4. The van der Waals surface area contributed by atoms with Gasteiger partial charge >= 0.3 is 5.97 Å². The minimum atomic E-state index is -1.08. The number of hydrogen-bond acceptors (Lipinski definition) is 3. The highest BCUT2D eigenvalue weighted by atomic mass is 19.1. The van der Waals surface area contributed by atoms with E-state index in [9.17, 15) is 14.0 Å². The Balaban J connectivity index is 2.09. The fraction of sp³-hybridized carbons (Fsp3) is 0.333. The van der Waals surface area contributed by atoms with E-state index in [0.717, 1.165) is 0 Å². The quantitative estimate of drug-likeness (QED) is 0.859. The van der Waals surface area contributed by atoms with Gasteiger partial charge in [-0.2, -0.15) is 0 Å². The van der Waals surface area contributed by atoms with E-state index < -0.39 is 12.1 Å². The summed E-state index contributed by atoms with van der Waals surface area (Å²) >= 11 is 0. The van der Waals surface area contributed by atoms with Crippen molar-refractivity contribution in [2.24, 2.45) is 0 Å². The SMILES string of the molecule is C/C(=C\C(=O)N1CCOC(C(=O)O)C1)c1cccc(F)c1. The molecule has 0 aliphatic carbocycles. The van der Waals surface area contributed by atoms with Gasteiger partial charge < -0.3 is 14.7 Å². The summed E-state index contributed by atoms with van der Waals surface area (Å²) in [4.78, 5) is 24.4. The van der Waals surface area contributed by atoms with Crippen molar-refractivity contribution < 1.29 is 23.8 Å². The molecule has 5 nitrogen and oxygen atoms in total. The third-order valence-electron chi connectivity index (χ3n) is 3.27. The first-order valence-electron chi connectivity index (χ1n) is 6.55. The molecule has 0 radical (unpaired) electrons. The molecule has 1 aliphatic rings. The third kappa shape index (κ3) is 3.88. The van der Waals surface area contributed by atoms with Gasteiger partial charge in [-0.25, -0.2) is 9.18 Å². The molecule has 1 amide bonds. The fourth-order valence-corrected chi connectivity index (χ4v) is 2.09. The number of ether oxygens (including phenoxy) is 1. The molecule has 0 bridgehead atoms. The van der Waals surface area contributed by atoms with Gasteiger partial charge in [-0.05, 0) is 30.2 Å². The van der Waals surface area contributed by atoms with Crippen molar-refractivity contribution in [3.8, 4) is 0 Å². The molecule has 1 atom stereocenters. The van der Waals surface area contributed by atoms with Crippen LogP contribution < -0.4 is 0 Å². The number of nitrogens with zero attached hydrogens (tertiary/aromatic N) is 1. The van der Waals surface area contributed by atoms with Crippen molar-refractivity contribution in [3.63, 3.8) is 0 Å². The Kier molecular flexibility index (Phi) is 4.70. The van der Waals surface area contributed by atoms with Crippen molar-refractivity contribution >= 4 is 17.4 Å². The molecule has 1 unspecified atom stereocenters. The van der Waals surface area contributed by atoms with Crippen LogP contribution in [0.5, 0.6) is 0 Å². The van der Waals surface area contributed by atoms with Crippen LogP contribution in [-0.4, -0.2) is 47.7 Å². The average molecular weight is 293 g/mol. The lowest BCUT2D eigenvalue weighted by atomic mass is 10.1. The molecular weight excluding hydrogens is 277 g/mol. The average Bonchev–Trinajstić information content (AvgIpc) is 2.47. The Labute approximate surface area is 121 Å². The van der Waals surface area contributed by atoms with Crippen LogP contribution in [0.3, 0.4) is 0 Å². The molecule has 1 N–H and O–H groups in total. The summed E-state index contributed by atoms with van der Waals surface area (Å²) in [5.74, 6) is -1.75. The summed E-state index contributed by atoms with van der Waals surface area (Å²) in [6.45, 7) is 2.26. The number of halogens is 1. The topological polar surface area (TPSA) is 66.8 Å². The molecule has 112 valence electrons. The Bertz CT molecular complexity index is 585. The Morgan fingerprint density at radius 1 is 1.48 bits per heavy atom. The number of hydrogen-bond donors (Lipinski definition) is 1. The van der Waals surface area contributed by atoms with E-state index in [0.29, 0.717) is 17.7 Å². The van der Waals surface area contributed by atoms with Gasteiger partial charge in [0.1, 0.15) is 5.82 Å². The summed E-state index contributed by atoms with van der Waals surface area (Å²) in [7, 11) is 0. The number of carbonyl (C=O) groups is 2. The number of carboxylic acids is 1. The molecule has 1 fully saturated rings. The second-order valence-corrected chi connectivity index (χ2v) is 4.82. The van der Waals surface area contributed by atoms with E-state index in [4.69, 9.17) is 9.84 Å². The van der Waals surface area contributed by atoms with Gasteiger partial charge in [0.2, 0.25) is 5.91 Å². The minimum Gasteiger partial charge on any atom is -0.479 e. The van der Waals surface area contributed by atoms with E-state index in [1.54, 1.807) is 19.1 Å². The van der Waals surface area contributed by atoms with Crippen LogP contribution in [0, 0.1) is 5.82 Å². The monoisotopic (exact) mass is 293 g/mol. The largest absolute Gasteiger partial charge is 0.479 e. The number of carboxylic acid groups (broad SMARTS) is 1. The van der Waals surface area contributed by atoms with Crippen LogP contribution >= 0.6 is 0 Å². The maximum absolute atomic E-state index is 13.2. The van der Waals surface area contributed by atoms with Crippen LogP contribution in [0.2, 0.25) is 0 Å². The molecule has 0 aromatic heterocycles. The summed E-state index contributed by atoms with van der Waals surface area (Å²) in [5.41, 5.74) is 1.24. The lowest BCUT2D eigenvalue weighted by Crippen LogP contribution is -2.48. The third-order valence-corrected chi connectivity index (χ3v) is 3.27. The molecule has 2 rings (SSSR count). The predicted molar refractivity (Wildman–Crippen MR) is 74.0 cm³/mol. The molecule has 1 saturated heterocycles. The Hall–Kier alpha value is -2.21. The van der Waals surface area contributed by atoms with Gasteiger partial charge in [0.05, 0.1) is 13.2 Å². The van der Waals surface area contributed by atoms with Crippen molar-refractivity contribution in [1.82, 2.24) is 4.90 Å². The van der Waals surface area contributed by atoms with E-state index in [2.05, 4.69) is 0 Å². The number of carbonyl (C=O) groups excluding carboxylic acids is 1. The number of benzene rings is 1. The molecule has 1 aliphatic heterocycles. The van der Waals surface area contributed by atoms with Crippen LogP contribution in [0.25, 0.3) is 5.57 Å². The maximum Gasteiger partial charge on any atom is 0.334 e. The number of allylic oxidation sites excluding steroid dienone is 1. The molecule has 21 heavy (non-hydrogen) atoms. The van der Waals surface area contributed by atoms with Gasteiger partial charge in [0.25, 0.3) is 0 Å². The second-order valence-electron chi connectivity index (χ2n) is 4.82. The lowest BCUT2D eigenvalue weighted by molar-refractivity contribution is -0.158. The van der Waals surface area contributed by atoms with E-state index in [1.165, 1.54) is 23.1 Å².